The largest absolute Gasteiger partial charge is 0.354 e. The van der Waals surface area contributed by atoms with Crippen LogP contribution in [0, 0.1) is 0 Å². The highest BCUT2D eigenvalue weighted by atomic mass is 32.2. The van der Waals surface area contributed by atoms with E-state index < -0.39 is 0 Å². The molecule has 0 aromatic heterocycles. The Bertz CT molecular complexity index is 616. The molecule has 1 heterocycles. The topological polar surface area (TPSA) is 12.0 Å². The van der Waals surface area contributed by atoms with Crippen LogP contribution in [0.2, 0.25) is 0 Å². The van der Waals surface area contributed by atoms with Gasteiger partial charge in [-0.15, -0.1) is 0 Å². The Hall–Kier alpha value is -1.67. The molecule has 1 nitrogen and oxygen atoms in total. The van der Waals surface area contributed by atoms with Crippen molar-refractivity contribution in [1.82, 2.24) is 0 Å². The fraction of sp³-hybridized carbons (Fsp3) is 0.176. The second-order valence-corrected chi connectivity index (χ2v) is 5.75. The van der Waals surface area contributed by atoms with E-state index in [1.165, 1.54) is 33.2 Å². The van der Waals surface area contributed by atoms with Crippen LogP contribution in [0.1, 0.15) is 25.3 Å². The van der Waals surface area contributed by atoms with Crippen LogP contribution >= 0.6 is 11.8 Å². The maximum atomic E-state index is 3.52. The molecule has 0 saturated heterocycles. The van der Waals surface area contributed by atoms with Crippen molar-refractivity contribution in [2.24, 2.45) is 0 Å². The normalized spacial score (nSPS) is 12.9. The van der Waals surface area contributed by atoms with Gasteiger partial charge in [-0.25, -0.2) is 0 Å². The van der Waals surface area contributed by atoms with E-state index in [2.05, 4.69) is 66.9 Å². The smallest absolute Gasteiger partial charge is 0.0532 e. The van der Waals surface area contributed by atoms with Crippen LogP contribution in [0.4, 0.5) is 11.4 Å². The molecule has 19 heavy (non-hydrogen) atoms. The van der Waals surface area contributed by atoms with Crippen molar-refractivity contribution in [3.63, 3.8) is 0 Å². The first-order valence-electron chi connectivity index (χ1n) is 6.71. The molecule has 3 rings (SSSR count). The Kier molecular flexibility index (Phi) is 3.60. The van der Waals surface area contributed by atoms with Crippen molar-refractivity contribution in [2.75, 3.05) is 5.32 Å². The highest BCUT2D eigenvalue weighted by molar-refractivity contribution is 7.99. The van der Waals surface area contributed by atoms with E-state index in [1.807, 2.05) is 11.8 Å². The molecule has 0 unspecified atom stereocenters. The maximum Gasteiger partial charge on any atom is 0.0532 e. The standard InChI is InChI=1S/C17H17NS/c1-2-3-4-7-13-10-11-17-15(12-13)18-14-8-5-6-9-16(14)19-17/h4-12,18H,2-3H2,1H3/b7-4+. The number of unbranched alkanes of at least 4 members (excludes halogenated alkanes) is 1. The van der Waals surface area contributed by atoms with Gasteiger partial charge in [-0.2, -0.15) is 0 Å². The summed E-state index contributed by atoms with van der Waals surface area (Å²) in [4.78, 5) is 2.59. The third kappa shape index (κ3) is 2.69. The molecule has 0 radical (unpaired) electrons. The molecule has 1 N–H and O–H groups in total. The summed E-state index contributed by atoms with van der Waals surface area (Å²) in [5.74, 6) is 0. The molecule has 2 aromatic rings. The highest BCUT2D eigenvalue weighted by Crippen LogP contribution is 2.44. The Morgan fingerprint density at radius 2 is 1.89 bits per heavy atom. The third-order valence-electron chi connectivity index (χ3n) is 3.15. The predicted molar refractivity (Wildman–Crippen MR) is 84.2 cm³/mol. The summed E-state index contributed by atoms with van der Waals surface area (Å²) in [6.07, 6.45) is 6.79. The van der Waals surface area contributed by atoms with Gasteiger partial charge >= 0.3 is 0 Å². The second kappa shape index (κ2) is 5.54. The second-order valence-electron chi connectivity index (χ2n) is 4.67. The zero-order valence-corrected chi connectivity index (χ0v) is 11.8. The van der Waals surface area contributed by atoms with Crippen molar-refractivity contribution in [1.29, 1.82) is 0 Å². The summed E-state index contributed by atoms with van der Waals surface area (Å²) >= 11 is 1.83. The number of nitrogens with one attached hydrogen (secondary N) is 1. The first-order valence-corrected chi connectivity index (χ1v) is 7.53. The van der Waals surface area contributed by atoms with E-state index in [0.29, 0.717) is 0 Å². The minimum atomic E-state index is 1.14. The van der Waals surface area contributed by atoms with Gasteiger partial charge in [-0.1, -0.05) is 55.5 Å². The third-order valence-corrected chi connectivity index (χ3v) is 4.30. The van der Waals surface area contributed by atoms with E-state index in [0.717, 1.165) is 6.42 Å². The van der Waals surface area contributed by atoms with Crippen molar-refractivity contribution in [3.8, 4) is 0 Å². The summed E-state index contributed by atoms with van der Waals surface area (Å²) in [5.41, 5.74) is 3.68. The first-order chi connectivity index (χ1) is 9.36. The number of hydrogen-bond acceptors (Lipinski definition) is 2. The van der Waals surface area contributed by atoms with E-state index in [-0.39, 0.29) is 0 Å². The minimum absolute atomic E-state index is 1.14. The number of allylic oxidation sites excluding steroid dienone is 1. The van der Waals surface area contributed by atoms with Gasteiger partial charge in [0.15, 0.2) is 0 Å². The van der Waals surface area contributed by atoms with Gasteiger partial charge in [0.2, 0.25) is 0 Å². The fourth-order valence-corrected chi connectivity index (χ4v) is 3.12. The quantitative estimate of drug-likeness (QED) is 0.652. The minimum Gasteiger partial charge on any atom is -0.354 e. The molecule has 2 heteroatoms. The maximum absolute atomic E-state index is 3.52. The van der Waals surface area contributed by atoms with Crippen LogP contribution < -0.4 is 5.32 Å². The molecule has 0 atom stereocenters. The molecule has 1 aliphatic heterocycles. The number of fused-ring (bicyclic) bond motifs is 2. The lowest BCUT2D eigenvalue weighted by molar-refractivity contribution is 0.962. The molecule has 0 bridgehead atoms. The van der Waals surface area contributed by atoms with Crippen LogP contribution in [0.3, 0.4) is 0 Å². The van der Waals surface area contributed by atoms with Crippen LogP contribution in [0.15, 0.2) is 58.3 Å². The summed E-state index contributed by atoms with van der Waals surface area (Å²) < 4.78 is 0. The van der Waals surface area contributed by atoms with Gasteiger partial charge in [0, 0.05) is 9.79 Å². The van der Waals surface area contributed by atoms with Gasteiger partial charge in [0.1, 0.15) is 0 Å². The molecule has 2 aromatic carbocycles. The van der Waals surface area contributed by atoms with Crippen molar-refractivity contribution in [3.05, 3.63) is 54.1 Å². The van der Waals surface area contributed by atoms with Crippen LogP contribution in [-0.2, 0) is 0 Å². The molecule has 96 valence electrons. The highest BCUT2D eigenvalue weighted by Gasteiger charge is 2.14. The number of benzene rings is 2. The zero-order chi connectivity index (χ0) is 13.1. The Morgan fingerprint density at radius 1 is 1.05 bits per heavy atom. The molecule has 1 aliphatic rings. The Morgan fingerprint density at radius 3 is 2.79 bits per heavy atom. The predicted octanol–water partition coefficient (Wildman–Crippen LogP) is 5.71. The van der Waals surface area contributed by atoms with Gasteiger partial charge in [0.25, 0.3) is 0 Å². The number of para-hydroxylation sites is 1. The molecule has 0 amide bonds. The summed E-state index contributed by atoms with van der Waals surface area (Å²) in [7, 11) is 0. The lowest BCUT2D eigenvalue weighted by atomic mass is 10.1. The number of rotatable bonds is 3. The van der Waals surface area contributed by atoms with E-state index in [1.54, 1.807) is 0 Å². The lowest BCUT2D eigenvalue weighted by Crippen LogP contribution is -1.99. The van der Waals surface area contributed by atoms with Crippen LogP contribution in [0.25, 0.3) is 6.08 Å². The van der Waals surface area contributed by atoms with E-state index in [4.69, 9.17) is 0 Å². The Labute approximate surface area is 118 Å². The molecule has 0 aliphatic carbocycles. The van der Waals surface area contributed by atoms with Crippen molar-refractivity contribution >= 4 is 29.2 Å². The monoisotopic (exact) mass is 267 g/mol. The average Bonchev–Trinajstić information content (AvgIpc) is 2.45. The molecule has 0 saturated carbocycles. The lowest BCUT2D eigenvalue weighted by Gasteiger charge is -2.20. The van der Waals surface area contributed by atoms with Gasteiger partial charge in [-0.3, -0.25) is 0 Å². The first kappa shape index (κ1) is 12.4. The summed E-state index contributed by atoms with van der Waals surface area (Å²) in [6, 6.07) is 15.1. The van der Waals surface area contributed by atoms with E-state index in [9.17, 15) is 0 Å². The fourth-order valence-electron chi connectivity index (χ4n) is 2.15. The zero-order valence-electron chi connectivity index (χ0n) is 11.0. The SMILES string of the molecule is CCC/C=C/c1ccc2c(c1)Nc1ccccc1S2. The van der Waals surface area contributed by atoms with E-state index >= 15 is 0 Å². The van der Waals surface area contributed by atoms with Gasteiger partial charge in [-0.05, 0) is 36.2 Å². The van der Waals surface area contributed by atoms with Crippen molar-refractivity contribution < 1.29 is 0 Å². The number of anilines is 2. The van der Waals surface area contributed by atoms with Crippen molar-refractivity contribution in [2.45, 2.75) is 29.6 Å². The Balaban J connectivity index is 1.87. The summed E-state index contributed by atoms with van der Waals surface area (Å²) in [5, 5.41) is 3.52. The molecule has 0 fully saturated rings. The number of hydrogen-bond donors (Lipinski definition) is 1. The molecular formula is C17H17NS. The molecular weight excluding hydrogens is 250 g/mol. The average molecular weight is 267 g/mol. The van der Waals surface area contributed by atoms with Gasteiger partial charge in [0.05, 0.1) is 11.4 Å². The van der Waals surface area contributed by atoms with Crippen LogP contribution in [0.5, 0.6) is 0 Å². The summed E-state index contributed by atoms with van der Waals surface area (Å²) in [6.45, 7) is 2.20. The molecule has 0 spiro atoms. The van der Waals surface area contributed by atoms with Gasteiger partial charge < -0.3 is 5.32 Å². The van der Waals surface area contributed by atoms with Crippen LogP contribution in [-0.4, -0.2) is 0 Å².